The fourth-order valence-electron chi connectivity index (χ4n) is 3.84. The number of esters is 1. The minimum atomic E-state index is -0.812. The normalized spacial score (nSPS) is 19.8. The third-order valence-corrected chi connectivity index (χ3v) is 5.80. The van der Waals surface area contributed by atoms with E-state index in [0.29, 0.717) is 48.2 Å². The Bertz CT molecular complexity index is 1090. The number of benzene rings is 2. The van der Waals surface area contributed by atoms with Crippen LogP contribution in [-0.4, -0.2) is 47.2 Å². The Kier molecular flexibility index (Phi) is 7.72. The lowest BCUT2D eigenvalue weighted by atomic mass is 10.0. The molecule has 2 N–H and O–H groups in total. The summed E-state index contributed by atoms with van der Waals surface area (Å²) in [5, 5.41) is 0.706. The van der Waals surface area contributed by atoms with Crippen molar-refractivity contribution >= 4 is 23.3 Å². The molecule has 1 aromatic heterocycles. The van der Waals surface area contributed by atoms with Crippen LogP contribution in [0.2, 0.25) is 5.02 Å². The third-order valence-electron chi connectivity index (χ3n) is 5.55. The molecule has 2 heterocycles. The lowest BCUT2D eigenvalue weighted by Crippen LogP contribution is -2.37. The van der Waals surface area contributed by atoms with E-state index >= 15 is 0 Å². The average molecular weight is 486 g/mol. The SMILES string of the molecule is CCOC(=O)c1ccc(OCC2COC(CCc3ccc(Cl)cc3)(Cn3ccnc3)O2)c(N)c1. The third kappa shape index (κ3) is 6.08. The van der Waals surface area contributed by atoms with E-state index in [1.54, 1.807) is 37.6 Å². The van der Waals surface area contributed by atoms with E-state index in [0.717, 1.165) is 12.0 Å². The van der Waals surface area contributed by atoms with Crippen LogP contribution in [-0.2, 0) is 27.2 Å². The standard InChI is InChI=1S/C25H28ClN3O5/c1-2-31-24(30)19-5-8-23(22(27)13-19)32-14-21-15-33-25(34-21,16-29-12-11-28-17-29)10-9-18-3-6-20(26)7-4-18/h3-8,11-13,17,21H,2,9-10,14-16,27H2,1H3. The van der Waals surface area contributed by atoms with E-state index < -0.39 is 11.8 Å². The fraction of sp³-hybridized carbons (Fsp3) is 0.360. The van der Waals surface area contributed by atoms with Crippen LogP contribution < -0.4 is 10.5 Å². The molecule has 0 bridgehead atoms. The molecule has 0 saturated carbocycles. The molecule has 3 aromatic rings. The van der Waals surface area contributed by atoms with Crippen LogP contribution >= 0.6 is 11.6 Å². The molecule has 1 fully saturated rings. The van der Waals surface area contributed by atoms with Crippen molar-refractivity contribution in [3.8, 4) is 5.75 Å². The summed E-state index contributed by atoms with van der Waals surface area (Å²) in [5.41, 5.74) is 7.97. The Morgan fingerprint density at radius 2 is 2.12 bits per heavy atom. The molecule has 2 atom stereocenters. The number of aromatic nitrogens is 2. The van der Waals surface area contributed by atoms with Gasteiger partial charge in [-0.2, -0.15) is 0 Å². The lowest BCUT2D eigenvalue weighted by molar-refractivity contribution is -0.184. The van der Waals surface area contributed by atoms with Crippen LogP contribution in [0.3, 0.4) is 0 Å². The zero-order valence-electron chi connectivity index (χ0n) is 19.0. The molecule has 0 radical (unpaired) electrons. The van der Waals surface area contributed by atoms with Crippen LogP contribution in [0.4, 0.5) is 5.69 Å². The van der Waals surface area contributed by atoms with Gasteiger partial charge in [0, 0.05) is 23.8 Å². The monoisotopic (exact) mass is 485 g/mol. The number of halogens is 1. The van der Waals surface area contributed by atoms with Gasteiger partial charge in [-0.15, -0.1) is 0 Å². The Morgan fingerprint density at radius 3 is 2.82 bits per heavy atom. The van der Waals surface area contributed by atoms with E-state index in [4.69, 9.17) is 36.3 Å². The maximum absolute atomic E-state index is 11.9. The van der Waals surface area contributed by atoms with Gasteiger partial charge in [-0.3, -0.25) is 0 Å². The highest BCUT2D eigenvalue weighted by Gasteiger charge is 2.42. The molecular weight excluding hydrogens is 458 g/mol. The number of nitrogens with two attached hydrogens (primary N) is 1. The lowest BCUT2D eigenvalue weighted by Gasteiger charge is -2.28. The number of rotatable bonds is 10. The minimum Gasteiger partial charge on any atom is -0.489 e. The summed E-state index contributed by atoms with van der Waals surface area (Å²) in [4.78, 5) is 16.0. The molecule has 0 spiro atoms. The van der Waals surface area contributed by atoms with Gasteiger partial charge in [0.05, 0.1) is 37.3 Å². The Balaban J connectivity index is 1.39. The van der Waals surface area contributed by atoms with Crippen molar-refractivity contribution in [3.05, 3.63) is 77.3 Å². The van der Waals surface area contributed by atoms with Gasteiger partial charge in [0.15, 0.2) is 5.79 Å². The first-order chi connectivity index (χ1) is 16.5. The van der Waals surface area contributed by atoms with E-state index in [2.05, 4.69) is 4.98 Å². The second kappa shape index (κ2) is 10.9. The molecule has 0 aliphatic carbocycles. The van der Waals surface area contributed by atoms with Crippen molar-refractivity contribution in [1.29, 1.82) is 0 Å². The van der Waals surface area contributed by atoms with Gasteiger partial charge in [0.25, 0.3) is 0 Å². The summed E-state index contributed by atoms with van der Waals surface area (Å²) in [6.07, 6.45) is 6.49. The maximum atomic E-state index is 11.9. The Hall–Kier alpha value is -3.07. The Labute approximate surface area is 203 Å². The summed E-state index contributed by atoms with van der Waals surface area (Å²) in [7, 11) is 0. The number of aryl methyl sites for hydroxylation is 1. The van der Waals surface area contributed by atoms with Crippen molar-refractivity contribution in [1.82, 2.24) is 9.55 Å². The molecule has 1 aliphatic heterocycles. The number of carbonyl (C=O) groups is 1. The molecule has 180 valence electrons. The zero-order valence-corrected chi connectivity index (χ0v) is 19.7. The van der Waals surface area contributed by atoms with E-state index in [-0.39, 0.29) is 12.7 Å². The summed E-state index contributed by atoms with van der Waals surface area (Å²) < 4.78 is 25.4. The number of ether oxygens (including phenoxy) is 4. The summed E-state index contributed by atoms with van der Waals surface area (Å²) in [6.45, 7) is 3.21. The molecule has 1 aliphatic rings. The molecule has 2 unspecified atom stereocenters. The molecule has 0 amide bonds. The summed E-state index contributed by atoms with van der Waals surface area (Å²) >= 11 is 6.01. The predicted molar refractivity (Wildman–Crippen MR) is 128 cm³/mol. The Morgan fingerprint density at radius 1 is 1.29 bits per heavy atom. The zero-order chi connectivity index (χ0) is 24.0. The van der Waals surface area contributed by atoms with Gasteiger partial charge in [0.1, 0.15) is 18.5 Å². The van der Waals surface area contributed by atoms with Gasteiger partial charge in [-0.05, 0) is 49.2 Å². The van der Waals surface area contributed by atoms with Crippen LogP contribution in [0, 0.1) is 0 Å². The molecule has 9 heteroatoms. The van der Waals surface area contributed by atoms with Crippen molar-refractivity contribution in [2.75, 3.05) is 25.6 Å². The van der Waals surface area contributed by atoms with E-state index in [1.807, 2.05) is 35.0 Å². The van der Waals surface area contributed by atoms with E-state index in [1.165, 1.54) is 0 Å². The summed E-state index contributed by atoms with van der Waals surface area (Å²) in [6, 6.07) is 12.6. The second-order valence-electron chi connectivity index (χ2n) is 8.11. The highest BCUT2D eigenvalue weighted by Crippen LogP contribution is 2.32. The van der Waals surface area contributed by atoms with Gasteiger partial charge in [-0.1, -0.05) is 23.7 Å². The first-order valence-electron chi connectivity index (χ1n) is 11.2. The van der Waals surface area contributed by atoms with Crippen molar-refractivity contribution in [2.24, 2.45) is 0 Å². The number of nitrogens with zero attached hydrogens (tertiary/aromatic N) is 2. The minimum absolute atomic E-state index is 0.260. The molecule has 2 aromatic carbocycles. The molecule has 1 saturated heterocycles. The van der Waals surface area contributed by atoms with Crippen LogP contribution in [0.5, 0.6) is 5.75 Å². The van der Waals surface area contributed by atoms with Crippen molar-refractivity contribution < 1.29 is 23.7 Å². The quantitative estimate of drug-likeness (QED) is 0.340. The van der Waals surface area contributed by atoms with Crippen LogP contribution in [0.15, 0.2) is 61.2 Å². The number of hydrogen-bond acceptors (Lipinski definition) is 7. The highest BCUT2D eigenvalue weighted by atomic mass is 35.5. The number of hydrogen-bond donors (Lipinski definition) is 1. The van der Waals surface area contributed by atoms with E-state index in [9.17, 15) is 4.79 Å². The molecule has 4 rings (SSSR count). The predicted octanol–water partition coefficient (Wildman–Crippen LogP) is 4.12. The number of carbonyl (C=O) groups excluding carboxylic acids is 1. The smallest absolute Gasteiger partial charge is 0.338 e. The fourth-order valence-corrected chi connectivity index (χ4v) is 3.97. The van der Waals surface area contributed by atoms with Gasteiger partial charge in [0.2, 0.25) is 0 Å². The van der Waals surface area contributed by atoms with Gasteiger partial charge >= 0.3 is 5.97 Å². The number of nitrogen functional groups attached to an aromatic ring is 1. The highest BCUT2D eigenvalue weighted by molar-refractivity contribution is 6.30. The molecular formula is C25H28ClN3O5. The number of anilines is 1. The van der Waals surface area contributed by atoms with Gasteiger partial charge in [-0.25, -0.2) is 9.78 Å². The second-order valence-corrected chi connectivity index (χ2v) is 8.54. The summed E-state index contributed by atoms with van der Waals surface area (Å²) in [5.74, 6) is -0.753. The maximum Gasteiger partial charge on any atom is 0.338 e. The first-order valence-corrected chi connectivity index (χ1v) is 11.6. The van der Waals surface area contributed by atoms with Crippen molar-refractivity contribution in [2.45, 2.75) is 38.2 Å². The molecule has 8 nitrogen and oxygen atoms in total. The van der Waals surface area contributed by atoms with Gasteiger partial charge < -0.3 is 29.2 Å². The van der Waals surface area contributed by atoms with Crippen LogP contribution in [0.25, 0.3) is 0 Å². The topological polar surface area (TPSA) is 97.8 Å². The average Bonchev–Trinajstić information content (AvgIpc) is 3.48. The molecule has 34 heavy (non-hydrogen) atoms. The van der Waals surface area contributed by atoms with Crippen molar-refractivity contribution in [3.63, 3.8) is 0 Å². The van der Waals surface area contributed by atoms with Crippen LogP contribution in [0.1, 0.15) is 29.3 Å². The first kappa shape index (κ1) is 24.1. The number of imidazole rings is 1. The largest absolute Gasteiger partial charge is 0.489 e.